The maximum Gasteiger partial charge on any atom is 0.177 e. The van der Waals surface area contributed by atoms with E-state index >= 15 is 0 Å². The Morgan fingerprint density at radius 1 is 1.24 bits per heavy atom. The van der Waals surface area contributed by atoms with Crippen LogP contribution in [0.3, 0.4) is 0 Å². The molecule has 2 N–H and O–H groups in total. The van der Waals surface area contributed by atoms with Gasteiger partial charge in [-0.05, 0) is 18.2 Å². The Morgan fingerprint density at radius 3 is 2.76 bits per heavy atom. The van der Waals surface area contributed by atoms with Crippen LogP contribution in [-0.4, -0.2) is 14.5 Å². The zero-order chi connectivity index (χ0) is 15.0. The molecule has 3 aromatic rings. The molecule has 0 bridgehead atoms. The highest BCUT2D eigenvalue weighted by atomic mass is 19.1. The van der Waals surface area contributed by atoms with E-state index in [4.69, 9.17) is 16.3 Å². The van der Waals surface area contributed by atoms with E-state index in [1.54, 1.807) is 18.2 Å². The molecule has 6 nitrogen and oxygen atoms in total. The van der Waals surface area contributed by atoms with Crippen molar-refractivity contribution in [2.45, 2.75) is 0 Å². The van der Waals surface area contributed by atoms with Crippen molar-refractivity contribution in [3.8, 4) is 17.8 Å². The Balaban J connectivity index is 2.45. The second-order valence-corrected chi connectivity index (χ2v) is 4.23. The summed E-state index contributed by atoms with van der Waals surface area (Å²) >= 11 is 0. The van der Waals surface area contributed by atoms with E-state index in [1.807, 2.05) is 6.07 Å². The molecule has 0 atom stereocenters. The third-order valence-electron chi connectivity index (χ3n) is 3.07. The number of benzene rings is 1. The number of aromatic nitrogens is 3. The van der Waals surface area contributed by atoms with Crippen LogP contribution in [0.25, 0.3) is 16.6 Å². The fourth-order valence-electron chi connectivity index (χ4n) is 2.16. The number of hydrogen-bond acceptors (Lipinski definition) is 5. The number of nitrogen functional groups attached to an aromatic ring is 1. The van der Waals surface area contributed by atoms with Gasteiger partial charge in [0.2, 0.25) is 0 Å². The van der Waals surface area contributed by atoms with Gasteiger partial charge in [0.05, 0.1) is 5.52 Å². The normalized spacial score (nSPS) is 10.2. The van der Waals surface area contributed by atoms with Gasteiger partial charge in [-0.2, -0.15) is 10.5 Å². The van der Waals surface area contributed by atoms with Gasteiger partial charge < -0.3 is 5.73 Å². The quantitative estimate of drug-likeness (QED) is 0.684. The minimum atomic E-state index is -0.642. The summed E-state index contributed by atoms with van der Waals surface area (Å²) in [4.78, 5) is 7.93. The monoisotopic (exact) mass is 278 g/mol. The molecular weight excluding hydrogens is 271 g/mol. The van der Waals surface area contributed by atoms with Crippen LogP contribution in [-0.2, 0) is 0 Å². The number of fused-ring (bicyclic) bond motifs is 1. The third kappa shape index (κ3) is 1.77. The fraction of sp³-hybridized carbons (Fsp3) is 0. The lowest BCUT2D eigenvalue weighted by atomic mass is 10.1. The topological polar surface area (TPSA) is 104 Å². The van der Waals surface area contributed by atoms with Crippen molar-refractivity contribution in [3.63, 3.8) is 0 Å². The molecule has 0 aliphatic carbocycles. The third-order valence-corrected chi connectivity index (χ3v) is 3.07. The predicted octanol–water partition coefficient (Wildman–Crippen LogP) is 1.89. The summed E-state index contributed by atoms with van der Waals surface area (Å²) in [5.74, 6) is -0.642. The molecule has 0 fully saturated rings. The molecule has 21 heavy (non-hydrogen) atoms. The van der Waals surface area contributed by atoms with Crippen LogP contribution in [0.4, 0.5) is 10.1 Å². The molecule has 0 saturated carbocycles. The van der Waals surface area contributed by atoms with E-state index in [1.165, 1.54) is 17.1 Å². The first-order valence-electron chi connectivity index (χ1n) is 5.88. The van der Waals surface area contributed by atoms with Gasteiger partial charge in [-0.15, -0.1) is 0 Å². The number of hydrogen-bond donors (Lipinski definition) is 1. The summed E-state index contributed by atoms with van der Waals surface area (Å²) in [6.07, 6.45) is 2.72. The average Bonchev–Trinajstić information content (AvgIpc) is 2.90. The number of rotatable bonds is 1. The Labute approximate surface area is 118 Å². The van der Waals surface area contributed by atoms with Crippen molar-refractivity contribution in [3.05, 3.63) is 47.9 Å². The largest absolute Gasteiger partial charge is 0.398 e. The molecule has 2 aromatic heterocycles. The summed E-state index contributed by atoms with van der Waals surface area (Å²) in [7, 11) is 0. The van der Waals surface area contributed by atoms with Crippen LogP contribution in [0.5, 0.6) is 0 Å². The van der Waals surface area contributed by atoms with E-state index in [9.17, 15) is 4.39 Å². The fourth-order valence-corrected chi connectivity index (χ4v) is 2.16. The maximum atomic E-state index is 14.3. The maximum absolute atomic E-state index is 14.3. The van der Waals surface area contributed by atoms with Crippen LogP contribution in [0, 0.1) is 28.5 Å². The Hall–Kier alpha value is -3.45. The molecule has 0 amide bonds. The molecule has 2 heterocycles. The van der Waals surface area contributed by atoms with E-state index < -0.39 is 5.82 Å². The number of nitrogens with zero attached hydrogens (tertiary/aromatic N) is 5. The molecule has 0 saturated heterocycles. The van der Waals surface area contributed by atoms with Crippen LogP contribution in [0.2, 0.25) is 0 Å². The standard InChI is InChI=1S/C14H7FN6/c15-9-4-10(18)8-2-1-3-19-13(8)14(9)21-7-20-11(5-16)12(21)6-17/h1-4,7H,18H2. The highest BCUT2D eigenvalue weighted by Crippen LogP contribution is 2.29. The highest BCUT2D eigenvalue weighted by Gasteiger charge is 2.19. The van der Waals surface area contributed by atoms with Crippen LogP contribution in [0.1, 0.15) is 11.4 Å². The number of anilines is 1. The summed E-state index contributed by atoms with van der Waals surface area (Å²) in [5, 5.41) is 18.7. The summed E-state index contributed by atoms with van der Waals surface area (Å²) in [6.45, 7) is 0. The van der Waals surface area contributed by atoms with Crippen molar-refractivity contribution < 1.29 is 4.39 Å². The first kappa shape index (κ1) is 12.6. The Bertz CT molecular complexity index is 944. The number of imidazole rings is 1. The van der Waals surface area contributed by atoms with E-state index in [0.29, 0.717) is 10.9 Å². The van der Waals surface area contributed by atoms with Crippen molar-refractivity contribution in [2.24, 2.45) is 0 Å². The highest BCUT2D eigenvalue weighted by molar-refractivity contribution is 5.95. The molecule has 0 aliphatic heterocycles. The molecule has 100 valence electrons. The van der Waals surface area contributed by atoms with E-state index in [-0.39, 0.29) is 22.8 Å². The second kappa shape index (κ2) is 4.58. The average molecular weight is 278 g/mol. The molecule has 7 heteroatoms. The number of halogens is 1. The SMILES string of the molecule is N#Cc1ncn(-c2c(F)cc(N)c3cccnc23)c1C#N. The smallest absolute Gasteiger partial charge is 0.177 e. The summed E-state index contributed by atoms with van der Waals surface area (Å²) in [6, 6.07) is 8.19. The minimum absolute atomic E-state index is 0.0466. The second-order valence-electron chi connectivity index (χ2n) is 4.23. The predicted molar refractivity (Wildman–Crippen MR) is 72.7 cm³/mol. The van der Waals surface area contributed by atoms with Gasteiger partial charge in [0.15, 0.2) is 17.2 Å². The zero-order valence-electron chi connectivity index (χ0n) is 10.6. The Morgan fingerprint density at radius 2 is 2.05 bits per heavy atom. The molecule has 0 unspecified atom stereocenters. The van der Waals surface area contributed by atoms with Gasteiger partial charge in [-0.25, -0.2) is 9.37 Å². The molecular formula is C14H7FN6. The molecule has 0 radical (unpaired) electrons. The molecule has 0 spiro atoms. The van der Waals surface area contributed by atoms with E-state index in [0.717, 1.165) is 6.07 Å². The van der Waals surface area contributed by atoms with Crippen LogP contribution in [0.15, 0.2) is 30.7 Å². The number of nitriles is 2. The van der Waals surface area contributed by atoms with Gasteiger partial charge in [0.1, 0.15) is 24.2 Å². The lowest BCUT2D eigenvalue weighted by Crippen LogP contribution is -2.04. The molecule has 1 aromatic carbocycles. The Kier molecular flexibility index (Phi) is 2.74. The minimum Gasteiger partial charge on any atom is -0.398 e. The first-order chi connectivity index (χ1) is 10.2. The van der Waals surface area contributed by atoms with Crippen LogP contribution < -0.4 is 5.73 Å². The lowest BCUT2D eigenvalue weighted by molar-refractivity contribution is 0.620. The van der Waals surface area contributed by atoms with Crippen molar-refractivity contribution in [1.29, 1.82) is 10.5 Å². The van der Waals surface area contributed by atoms with Crippen LogP contribution >= 0.6 is 0 Å². The summed E-state index contributed by atoms with van der Waals surface area (Å²) < 4.78 is 15.5. The van der Waals surface area contributed by atoms with E-state index in [2.05, 4.69) is 9.97 Å². The number of nitrogens with two attached hydrogens (primary N) is 1. The summed E-state index contributed by atoms with van der Waals surface area (Å²) in [5.41, 5.74) is 6.26. The van der Waals surface area contributed by atoms with Crippen molar-refractivity contribution in [1.82, 2.24) is 14.5 Å². The molecule has 3 rings (SSSR count). The van der Waals surface area contributed by atoms with Crippen molar-refractivity contribution in [2.75, 3.05) is 5.73 Å². The van der Waals surface area contributed by atoms with Crippen molar-refractivity contribution >= 4 is 16.6 Å². The lowest BCUT2D eigenvalue weighted by Gasteiger charge is -2.10. The first-order valence-corrected chi connectivity index (χ1v) is 5.88. The van der Waals surface area contributed by atoms with Gasteiger partial charge >= 0.3 is 0 Å². The van der Waals surface area contributed by atoms with Gasteiger partial charge in [0, 0.05) is 17.3 Å². The molecule has 0 aliphatic rings. The van der Waals surface area contributed by atoms with Gasteiger partial charge in [-0.1, -0.05) is 0 Å². The number of pyridine rings is 1. The zero-order valence-corrected chi connectivity index (χ0v) is 10.6. The van der Waals surface area contributed by atoms with Gasteiger partial charge in [-0.3, -0.25) is 9.55 Å². The van der Waals surface area contributed by atoms with Gasteiger partial charge in [0.25, 0.3) is 0 Å².